The second-order valence-corrected chi connectivity index (χ2v) is 14.7. The molecule has 14 heteroatoms. The van der Waals surface area contributed by atoms with Gasteiger partial charge in [0.05, 0.1) is 0 Å². The average molecular weight is 883 g/mol. The summed E-state index contributed by atoms with van der Waals surface area (Å²) in [6, 6.07) is 64.7. The van der Waals surface area contributed by atoms with Crippen molar-refractivity contribution in [2.45, 2.75) is 12.4 Å². The molecule has 0 fully saturated rings. The molecule has 6 rings (SSSR count). The zero-order valence-corrected chi connectivity index (χ0v) is 32.1. The van der Waals surface area contributed by atoms with Crippen LogP contribution in [-0.4, -0.2) is 34.5 Å². The van der Waals surface area contributed by atoms with Gasteiger partial charge in [-0.05, 0) is 47.7 Å². The van der Waals surface area contributed by atoms with Gasteiger partial charge in [-0.1, -0.05) is 182 Å². The van der Waals surface area contributed by atoms with E-state index >= 15 is 0 Å². The first kappa shape index (κ1) is 48.1. The van der Waals surface area contributed by atoms with Gasteiger partial charge in [-0.3, -0.25) is 0 Å². The molecule has 0 atom stereocenters. The SMILES string of the molecule is C#[O+].O=C(O)C(F)(F)F.O=C(O)C(F)(F)F.[Ru+2].c1ccc(P(c2ccccc2)c2ccccc2)cc1.c1ccc(P(c2ccccc2)c2ccccc2)cc1. The third-order valence-electron chi connectivity index (χ3n) is 6.57. The molecule has 55 heavy (non-hydrogen) atoms. The Hall–Kier alpha value is -4.94. The van der Waals surface area contributed by atoms with Crippen molar-refractivity contribution in [3.8, 4) is 6.65 Å². The average Bonchev–Trinajstić information content (AvgIpc) is 3.18. The Morgan fingerprint density at radius 1 is 0.382 bits per heavy atom. The second-order valence-electron chi connectivity index (χ2n) is 10.3. The van der Waals surface area contributed by atoms with Crippen molar-refractivity contribution in [1.82, 2.24) is 0 Å². The number of carboxylic acid groups (broad SMARTS) is 2. The minimum Gasteiger partial charge on any atom is -0.475 e. The van der Waals surface area contributed by atoms with Crippen LogP contribution in [0.1, 0.15) is 0 Å². The standard InChI is InChI=1S/2C18H15P.2C2HF3O2.CHO.Ru/c2*1-4-10-16(11-5-1)19(17-12-6-2-7-13-17)18-14-8-3-9-15-18;2*3-2(4,5)1(6)7;1-2;/h2*1-15H;2*(H,6,7);1H;/q;;;;+1;+2. The van der Waals surface area contributed by atoms with E-state index in [0.29, 0.717) is 0 Å². The van der Waals surface area contributed by atoms with E-state index in [1.165, 1.54) is 31.8 Å². The molecular weight excluding hydrogens is 849 g/mol. The minimum absolute atomic E-state index is 0. The van der Waals surface area contributed by atoms with Gasteiger partial charge < -0.3 is 10.2 Å². The molecule has 284 valence electrons. The van der Waals surface area contributed by atoms with Crippen LogP contribution in [0, 0.1) is 6.65 Å². The molecule has 0 spiro atoms. The molecule has 0 aromatic heterocycles. The number of carbonyl (C=O) groups is 2. The molecule has 0 amide bonds. The van der Waals surface area contributed by atoms with E-state index in [-0.39, 0.29) is 19.5 Å². The molecule has 0 aliphatic heterocycles. The molecular formula is C41H33F6O5P2Ru+3. The van der Waals surface area contributed by atoms with Crippen molar-refractivity contribution >= 4 is 59.6 Å². The molecule has 0 saturated heterocycles. The van der Waals surface area contributed by atoms with E-state index < -0.39 is 40.1 Å². The number of hydrogen-bond acceptors (Lipinski definition) is 2. The van der Waals surface area contributed by atoms with Crippen LogP contribution in [0.4, 0.5) is 26.3 Å². The van der Waals surface area contributed by atoms with Crippen molar-refractivity contribution in [2.24, 2.45) is 0 Å². The molecule has 6 aromatic rings. The van der Waals surface area contributed by atoms with Crippen LogP contribution in [-0.2, 0) is 33.7 Å². The third-order valence-corrected chi connectivity index (χ3v) is 11.5. The molecule has 0 bridgehead atoms. The van der Waals surface area contributed by atoms with Gasteiger partial charge in [-0.15, -0.1) is 0 Å². The maximum absolute atomic E-state index is 10.6. The summed E-state index contributed by atoms with van der Waals surface area (Å²) in [5, 5.41) is 22.6. The first-order chi connectivity index (χ1) is 25.8. The van der Waals surface area contributed by atoms with Crippen molar-refractivity contribution in [3.63, 3.8) is 0 Å². The maximum Gasteiger partial charge on any atom is 2.00 e. The van der Waals surface area contributed by atoms with Gasteiger partial charge in [0.15, 0.2) is 0 Å². The summed E-state index contributed by atoms with van der Waals surface area (Å²) in [5.41, 5.74) is 0. The van der Waals surface area contributed by atoms with Gasteiger partial charge in [0.1, 0.15) is 0 Å². The normalized spacial score (nSPS) is 10.2. The first-order valence-corrected chi connectivity index (χ1v) is 18.2. The Morgan fingerprint density at radius 2 is 0.491 bits per heavy atom. The fourth-order valence-corrected chi connectivity index (χ4v) is 8.97. The second kappa shape index (κ2) is 25.2. The van der Waals surface area contributed by atoms with Gasteiger partial charge in [-0.25, -0.2) is 9.59 Å². The Bertz CT molecular complexity index is 1630. The van der Waals surface area contributed by atoms with Crippen LogP contribution in [0.2, 0.25) is 0 Å². The van der Waals surface area contributed by atoms with Crippen LogP contribution in [0.15, 0.2) is 182 Å². The van der Waals surface area contributed by atoms with E-state index in [0.717, 1.165) is 0 Å². The summed E-state index contributed by atoms with van der Waals surface area (Å²) in [6.07, 6.45) is -10.2. The Labute approximate surface area is 329 Å². The molecule has 0 radical (unpaired) electrons. The number of aliphatic carboxylic acids is 2. The quantitative estimate of drug-likeness (QED) is 0.0765. The molecule has 0 saturated carbocycles. The number of carboxylic acids is 2. The molecule has 0 aliphatic rings. The molecule has 6 aromatic carbocycles. The van der Waals surface area contributed by atoms with Crippen LogP contribution in [0.25, 0.3) is 0 Å². The summed E-state index contributed by atoms with van der Waals surface area (Å²) < 4.78 is 71.2. The summed E-state index contributed by atoms with van der Waals surface area (Å²) in [5.74, 6) is -5.51. The van der Waals surface area contributed by atoms with Gasteiger partial charge in [0.25, 0.3) is 0 Å². The van der Waals surface area contributed by atoms with E-state index in [1.807, 2.05) is 0 Å². The Balaban J connectivity index is 0.000000395. The number of halogens is 6. The summed E-state index contributed by atoms with van der Waals surface area (Å²) in [4.78, 5) is 17.8. The maximum atomic E-state index is 10.6. The minimum atomic E-state index is -5.08. The Morgan fingerprint density at radius 3 is 0.582 bits per heavy atom. The predicted molar refractivity (Wildman–Crippen MR) is 203 cm³/mol. The molecule has 0 aliphatic carbocycles. The molecule has 2 N–H and O–H groups in total. The van der Waals surface area contributed by atoms with Crippen molar-refractivity contribution < 1.29 is 70.3 Å². The Kier molecular flexibility index (Phi) is 22.0. The molecule has 0 unspecified atom stereocenters. The largest absolute Gasteiger partial charge is 2.00 e. The van der Waals surface area contributed by atoms with E-state index in [1.54, 1.807) is 0 Å². The van der Waals surface area contributed by atoms with E-state index in [4.69, 9.17) is 24.5 Å². The first-order valence-electron chi connectivity index (χ1n) is 15.5. The van der Waals surface area contributed by atoms with Crippen molar-refractivity contribution in [1.29, 1.82) is 0 Å². The number of alkyl halides is 6. The van der Waals surface area contributed by atoms with Crippen LogP contribution in [0.3, 0.4) is 0 Å². The topological polar surface area (TPSA) is 94.5 Å². The van der Waals surface area contributed by atoms with Gasteiger partial charge >= 0.3 is 55.1 Å². The van der Waals surface area contributed by atoms with Crippen LogP contribution in [0.5, 0.6) is 0 Å². The number of rotatable bonds is 6. The fraction of sp³-hybridized carbons (Fsp3) is 0.0488. The van der Waals surface area contributed by atoms with Crippen molar-refractivity contribution in [2.75, 3.05) is 0 Å². The number of benzene rings is 6. The smallest absolute Gasteiger partial charge is 0.475 e. The van der Waals surface area contributed by atoms with E-state index in [2.05, 4.69) is 189 Å². The summed E-state index contributed by atoms with van der Waals surface area (Å²) in [7, 11) is -0.892. The molecule has 5 nitrogen and oxygen atoms in total. The molecule has 0 heterocycles. The van der Waals surface area contributed by atoms with Gasteiger partial charge in [-0.2, -0.15) is 26.3 Å². The van der Waals surface area contributed by atoms with Crippen LogP contribution < -0.4 is 31.8 Å². The predicted octanol–water partition coefficient (Wildman–Crippen LogP) is 8.16. The van der Waals surface area contributed by atoms with Gasteiger partial charge in [0.2, 0.25) is 0 Å². The van der Waals surface area contributed by atoms with Crippen LogP contribution >= 0.6 is 15.8 Å². The fourth-order valence-electron chi connectivity index (χ4n) is 4.36. The summed E-state index contributed by atoms with van der Waals surface area (Å²) in [6.45, 7) is 3.25. The monoisotopic (exact) mass is 883 g/mol. The van der Waals surface area contributed by atoms with Crippen molar-refractivity contribution in [3.05, 3.63) is 182 Å². The summed E-state index contributed by atoms with van der Waals surface area (Å²) >= 11 is 0. The zero-order valence-electron chi connectivity index (χ0n) is 28.5. The number of hydrogen-bond donors (Lipinski definition) is 2. The van der Waals surface area contributed by atoms with Gasteiger partial charge in [0, 0.05) is 0 Å². The van der Waals surface area contributed by atoms with E-state index in [9.17, 15) is 26.3 Å². The third kappa shape index (κ3) is 17.4. The zero-order chi connectivity index (χ0) is 40.0.